The molecular formula is C16H13BrINO3. The van der Waals surface area contributed by atoms with Gasteiger partial charge in [-0.3, -0.25) is 4.79 Å². The van der Waals surface area contributed by atoms with Gasteiger partial charge in [-0.2, -0.15) is 0 Å². The third-order valence-electron chi connectivity index (χ3n) is 3.03. The second kappa shape index (κ2) is 7.73. The molecule has 0 aliphatic carbocycles. The maximum absolute atomic E-state index is 12.2. The number of benzene rings is 2. The fourth-order valence-electron chi connectivity index (χ4n) is 1.91. The summed E-state index contributed by atoms with van der Waals surface area (Å²) in [6.07, 6.45) is 0. The van der Waals surface area contributed by atoms with E-state index in [9.17, 15) is 9.59 Å². The number of amides is 1. The normalized spacial score (nSPS) is 10.1. The first-order valence-corrected chi connectivity index (χ1v) is 8.60. The van der Waals surface area contributed by atoms with Crippen molar-refractivity contribution in [2.75, 3.05) is 12.4 Å². The van der Waals surface area contributed by atoms with Crippen molar-refractivity contribution in [1.29, 1.82) is 0 Å². The lowest BCUT2D eigenvalue weighted by molar-refractivity contribution is 0.0599. The van der Waals surface area contributed by atoms with Gasteiger partial charge in [0.1, 0.15) is 0 Å². The van der Waals surface area contributed by atoms with Crippen molar-refractivity contribution in [2.24, 2.45) is 0 Å². The molecule has 22 heavy (non-hydrogen) atoms. The number of ether oxygens (including phenoxy) is 1. The lowest BCUT2D eigenvalue weighted by Gasteiger charge is -2.12. The molecule has 2 aromatic rings. The molecule has 0 fully saturated rings. The molecule has 1 amide bonds. The highest BCUT2D eigenvalue weighted by Gasteiger charge is 2.16. The largest absolute Gasteiger partial charge is 0.465 e. The molecular weight excluding hydrogens is 461 g/mol. The molecule has 0 atom stereocenters. The van der Waals surface area contributed by atoms with Crippen LogP contribution in [0.15, 0.2) is 42.5 Å². The number of carbonyl (C=O) groups is 2. The SMILES string of the molecule is COC(=O)c1cc(I)c(NC(=O)c2ccccc2)cc1CBr. The number of halogens is 2. The van der Waals surface area contributed by atoms with E-state index in [0.29, 0.717) is 22.1 Å². The molecule has 4 nitrogen and oxygen atoms in total. The zero-order chi connectivity index (χ0) is 16.1. The molecule has 0 aromatic heterocycles. The van der Waals surface area contributed by atoms with Gasteiger partial charge in [0, 0.05) is 14.5 Å². The van der Waals surface area contributed by atoms with Gasteiger partial charge in [-0.25, -0.2) is 4.79 Å². The Balaban J connectivity index is 2.32. The second-order valence-corrected chi connectivity index (χ2v) is 6.16. The molecule has 2 rings (SSSR count). The lowest BCUT2D eigenvalue weighted by atomic mass is 10.1. The van der Waals surface area contributed by atoms with Crippen molar-refractivity contribution in [3.8, 4) is 0 Å². The molecule has 0 saturated carbocycles. The van der Waals surface area contributed by atoms with E-state index in [4.69, 9.17) is 4.74 Å². The number of nitrogens with one attached hydrogen (secondary N) is 1. The lowest BCUT2D eigenvalue weighted by Crippen LogP contribution is -2.14. The van der Waals surface area contributed by atoms with Crippen LogP contribution in [0.3, 0.4) is 0 Å². The first-order valence-electron chi connectivity index (χ1n) is 6.40. The molecule has 0 bridgehead atoms. The van der Waals surface area contributed by atoms with Crippen LogP contribution in [0.25, 0.3) is 0 Å². The number of anilines is 1. The van der Waals surface area contributed by atoms with E-state index in [2.05, 4.69) is 43.8 Å². The minimum Gasteiger partial charge on any atom is -0.465 e. The monoisotopic (exact) mass is 473 g/mol. The first kappa shape index (κ1) is 17.0. The van der Waals surface area contributed by atoms with E-state index in [1.165, 1.54) is 7.11 Å². The summed E-state index contributed by atoms with van der Waals surface area (Å²) in [5.74, 6) is -0.585. The average Bonchev–Trinajstić information content (AvgIpc) is 2.56. The maximum atomic E-state index is 12.2. The minimum absolute atomic E-state index is 0.190. The number of carbonyl (C=O) groups excluding carboxylic acids is 2. The molecule has 114 valence electrons. The molecule has 0 spiro atoms. The van der Waals surface area contributed by atoms with Crippen LogP contribution in [0, 0.1) is 3.57 Å². The highest BCUT2D eigenvalue weighted by atomic mass is 127. The summed E-state index contributed by atoms with van der Waals surface area (Å²) in [6.45, 7) is 0. The Kier molecular flexibility index (Phi) is 5.96. The van der Waals surface area contributed by atoms with E-state index >= 15 is 0 Å². The highest BCUT2D eigenvalue weighted by Crippen LogP contribution is 2.26. The van der Waals surface area contributed by atoms with Gasteiger partial charge in [0.05, 0.1) is 18.4 Å². The van der Waals surface area contributed by atoms with Crippen LogP contribution in [-0.2, 0) is 10.1 Å². The van der Waals surface area contributed by atoms with Crippen molar-refractivity contribution in [2.45, 2.75) is 5.33 Å². The van der Waals surface area contributed by atoms with Crippen LogP contribution >= 0.6 is 38.5 Å². The predicted octanol–water partition coefficient (Wildman–Crippen LogP) is 4.23. The summed E-state index contributed by atoms with van der Waals surface area (Å²) in [5, 5.41) is 3.35. The Morgan fingerprint density at radius 2 is 1.91 bits per heavy atom. The Labute approximate surface area is 150 Å². The summed E-state index contributed by atoms with van der Waals surface area (Å²) >= 11 is 5.44. The van der Waals surface area contributed by atoms with Crippen LogP contribution in [0.5, 0.6) is 0 Å². The molecule has 0 heterocycles. The van der Waals surface area contributed by atoms with E-state index < -0.39 is 5.97 Å². The first-order chi connectivity index (χ1) is 10.6. The Hall–Kier alpha value is -1.41. The standard InChI is InChI=1S/C16H13BrINO3/c1-22-16(21)12-8-13(18)14(7-11(12)9-17)19-15(20)10-5-3-2-4-6-10/h2-8H,9H2,1H3,(H,19,20). The van der Waals surface area contributed by atoms with Crippen LogP contribution in [0.4, 0.5) is 5.69 Å². The molecule has 0 aliphatic rings. The third-order valence-corrected chi connectivity index (χ3v) is 4.52. The van der Waals surface area contributed by atoms with Gasteiger partial charge in [-0.1, -0.05) is 34.1 Å². The van der Waals surface area contributed by atoms with E-state index in [0.717, 1.165) is 9.13 Å². The summed E-state index contributed by atoms with van der Waals surface area (Å²) in [5.41, 5.74) is 2.49. The topological polar surface area (TPSA) is 55.4 Å². The quantitative estimate of drug-likeness (QED) is 0.411. The molecule has 0 aliphatic heterocycles. The van der Waals surface area contributed by atoms with E-state index in [-0.39, 0.29) is 5.91 Å². The van der Waals surface area contributed by atoms with Gasteiger partial charge in [0.25, 0.3) is 5.91 Å². The minimum atomic E-state index is -0.395. The third kappa shape index (κ3) is 3.86. The summed E-state index contributed by atoms with van der Waals surface area (Å²) in [7, 11) is 1.35. The Morgan fingerprint density at radius 3 is 2.50 bits per heavy atom. The zero-order valence-electron chi connectivity index (χ0n) is 11.7. The molecule has 6 heteroatoms. The van der Waals surface area contributed by atoms with Gasteiger partial charge < -0.3 is 10.1 Å². The molecule has 2 aromatic carbocycles. The van der Waals surface area contributed by atoms with Crippen molar-refractivity contribution in [1.82, 2.24) is 0 Å². The van der Waals surface area contributed by atoms with Gasteiger partial charge in [-0.15, -0.1) is 0 Å². The number of methoxy groups -OCH3 is 1. The van der Waals surface area contributed by atoms with Crippen LogP contribution in [-0.4, -0.2) is 19.0 Å². The fraction of sp³-hybridized carbons (Fsp3) is 0.125. The van der Waals surface area contributed by atoms with E-state index in [1.807, 2.05) is 18.2 Å². The zero-order valence-corrected chi connectivity index (χ0v) is 15.5. The van der Waals surface area contributed by atoms with Crippen molar-refractivity contribution < 1.29 is 14.3 Å². The highest BCUT2D eigenvalue weighted by molar-refractivity contribution is 14.1. The maximum Gasteiger partial charge on any atom is 0.338 e. The Morgan fingerprint density at radius 1 is 1.23 bits per heavy atom. The van der Waals surface area contributed by atoms with Crippen LogP contribution in [0.2, 0.25) is 0 Å². The smallest absolute Gasteiger partial charge is 0.338 e. The van der Waals surface area contributed by atoms with E-state index in [1.54, 1.807) is 24.3 Å². The summed E-state index contributed by atoms with van der Waals surface area (Å²) in [4.78, 5) is 24.0. The number of alkyl halides is 1. The molecule has 1 N–H and O–H groups in total. The molecule has 0 unspecified atom stereocenters. The summed E-state index contributed by atoms with van der Waals surface area (Å²) in [6, 6.07) is 12.5. The molecule has 0 radical (unpaired) electrons. The predicted molar refractivity (Wildman–Crippen MR) is 97.5 cm³/mol. The van der Waals surface area contributed by atoms with Crippen LogP contribution < -0.4 is 5.32 Å². The fourth-order valence-corrected chi connectivity index (χ4v) is 2.97. The van der Waals surface area contributed by atoms with Gasteiger partial charge in [0.15, 0.2) is 0 Å². The van der Waals surface area contributed by atoms with Crippen molar-refractivity contribution in [3.05, 3.63) is 62.7 Å². The van der Waals surface area contributed by atoms with Crippen molar-refractivity contribution >= 4 is 56.1 Å². The number of hydrogen-bond acceptors (Lipinski definition) is 3. The van der Waals surface area contributed by atoms with Gasteiger partial charge in [0.2, 0.25) is 0 Å². The van der Waals surface area contributed by atoms with Crippen LogP contribution in [0.1, 0.15) is 26.3 Å². The number of rotatable bonds is 4. The van der Waals surface area contributed by atoms with Gasteiger partial charge in [-0.05, 0) is 52.4 Å². The van der Waals surface area contributed by atoms with Gasteiger partial charge >= 0.3 is 5.97 Å². The average molecular weight is 474 g/mol. The van der Waals surface area contributed by atoms with Crippen molar-refractivity contribution in [3.63, 3.8) is 0 Å². The number of hydrogen-bond donors (Lipinski definition) is 1. The summed E-state index contributed by atoms with van der Waals surface area (Å²) < 4.78 is 5.54. The second-order valence-electron chi connectivity index (χ2n) is 4.43. The Bertz CT molecular complexity index is 704. The number of esters is 1. The molecule has 0 saturated heterocycles.